The summed E-state index contributed by atoms with van der Waals surface area (Å²) in [4.78, 5) is 19.6. The lowest BCUT2D eigenvalue weighted by Crippen LogP contribution is -2.52. The van der Waals surface area contributed by atoms with E-state index in [1.165, 1.54) is 0 Å². The summed E-state index contributed by atoms with van der Waals surface area (Å²) in [5.41, 5.74) is 0.772. The number of hydrogen-bond acceptors (Lipinski definition) is 5. The number of carbonyl (C=O) groups excluding carboxylic acids is 1. The molecule has 4 heterocycles. The normalized spacial score (nSPS) is 22.2. The predicted molar refractivity (Wildman–Crippen MR) is 102 cm³/mol. The van der Waals surface area contributed by atoms with Crippen LogP contribution in [0.5, 0.6) is 0 Å². The van der Waals surface area contributed by atoms with E-state index in [1.807, 2.05) is 27.6 Å². The summed E-state index contributed by atoms with van der Waals surface area (Å²) in [7, 11) is 0. The molecule has 2 saturated heterocycles. The van der Waals surface area contributed by atoms with Gasteiger partial charge in [0.25, 0.3) is 0 Å². The number of pyridine rings is 1. The van der Waals surface area contributed by atoms with Gasteiger partial charge in [0.1, 0.15) is 0 Å². The average molecular weight is 377 g/mol. The van der Waals surface area contributed by atoms with Crippen LogP contribution in [0.3, 0.4) is 0 Å². The van der Waals surface area contributed by atoms with Crippen LogP contribution in [-0.4, -0.2) is 76.1 Å². The minimum Gasteiger partial charge on any atom is -0.340 e. The minimum atomic E-state index is 0.0310. The lowest BCUT2D eigenvalue weighted by Gasteiger charge is -2.38. The largest absolute Gasteiger partial charge is 0.340 e. The Kier molecular flexibility index (Phi) is 5.00. The molecule has 140 valence electrons. The summed E-state index contributed by atoms with van der Waals surface area (Å²) in [5.74, 6) is 1.09. The fourth-order valence-corrected chi connectivity index (χ4v) is 4.13. The Morgan fingerprint density at radius 3 is 2.77 bits per heavy atom. The number of likely N-dealkylation sites (N-methyl/N-ethyl adjacent to an activating group) is 1. The smallest absolute Gasteiger partial charge is 0.231 e. The van der Waals surface area contributed by atoms with Gasteiger partial charge in [-0.2, -0.15) is 0 Å². The second kappa shape index (κ2) is 7.40. The quantitative estimate of drug-likeness (QED) is 0.817. The van der Waals surface area contributed by atoms with Crippen molar-refractivity contribution >= 4 is 29.1 Å². The SMILES string of the molecule is CCN1CCN(C(=O)[C@@H]2CCCN(c3nnc4ccc(Cl)cn34)C2)CC1. The predicted octanol–water partition coefficient (Wildman–Crippen LogP) is 1.76. The lowest BCUT2D eigenvalue weighted by molar-refractivity contribution is -0.137. The number of amides is 1. The van der Waals surface area contributed by atoms with Gasteiger partial charge in [0.15, 0.2) is 5.65 Å². The summed E-state index contributed by atoms with van der Waals surface area (Å²) < 4.78 is 1.91. The van der Waals surface area contributed by atoms with E-state index in [-0.39, 0.29) is 11.8 Å². The molecule has 8 heteroatoms. The molecule has 1 amide bonds. The Bertz CT molecular complexity index is 785. The first-order chi connectivity index (χ1) is 12.7. The molecule has 0 radical (unpaired) electrons. The standard InChI is InChI=1S/C18H25ClN6O/c1-2-22-8-10-23(11-9-22)17(26)14-4-3-7-24(12-14)18-21-20-16-6-5-15(19)13-25(16)18/h5-6,13-14H,2-4,7-12H2,1H3/t14-/m1/s1. The van der Waals surface area contributed by atoms with E-state index in [4.69, 9.17) is 11.6 Å². The summed E-state index contributed by atoms with van der Waals surface area (Å²) in [6, 6.07) is 3.67. The molecule has 0 saturated carbocycles. The van der Waals surface area contributed by atoms with Crippen LogP contribution in [0.15, 0.2) is 18.3 Å². The molecule has 4 rings (SSSR count). The number of carbonyl (C=O) groups is 1. The Morgan fingerprint density at radius 2 is 2.00 bits per heavy atom. The minimum absolute atomic E-state index is 0.0310. The van der Waals surface area contributed by atoms with Gasteiger partial charge < -0.3 is 14.7 Å². The Balaban J connectivity index is 1.47. The maximum absolute atomic E-state index is 13.0. The molecule has 2 fully saturated rings. The number of hydrogen-bond donors (Lipinski definition) is 0. The number of aromatic nitrogens is 3. The van der Waals surface area contributed by atoms with Crippen molar-refractivity contribution < 1.29 is 4.79 Å². The molecule has 1 atom stereocenters. The third kappa shape index (κ3) is 3.38. The van der Waals surface area contributed by atoms with Crippen LogP contribution < -0.4 is 4.90 Å². The molecule has 0 bridgehead atoms. The lowest BCUT2D eigenvalue weighted by atomic mass is 9.96. The summed E-state index contributed by atoms with van der Waals surface area (Å²) in [6.45, 7) is 8.45. The second-order valence-electron chi connectivity index (χ2n) is 7.12. The van der Waals surface area contributed by atoms with Crippen molar-refractivity contribution in [2.45, 2.75) is 19.8 Å². The van der Waals surface area contributed by atoms with Gasteiger partial charge in [-0.15, -0.1) is 10.2 Å². The molecule has 2 aromatic rings. The highest BCUT2D eigenvalue weighted by atomic mass is 35.5. The molecule has 0 aliphatic carbocycles. The first kappa shape index (κ1) is 17.5. The maximum Gasteiger partial charge on any atom is 0.231 e. The van der Waals surface area contributed by atoms with Crippen LogP contribution in [0.1, 0.15) is 19.8 Å². The van der Waals surface area contributed by atoms with E-state index in [0.29, 0.717) is 11.6 Å². The molecule has 0 aromatic carbocycles. The van der Waals surface area contributed by atoms with E-state index >= 15 is 0 Å². The molecule has 0 spiro atoms. The Hall–Kier alpha value is -1.86. The molecule has 0 unspecified atom stereocenters. The van der Waals surface area contributed by atoms with Gasteiger partial charge in [-0.25, -0.2) is 0 Å². The molecular formula is C18H25ClN6O. The number of rotatable bonds is 3. The fourth-order valence-electron chi connectivity index (χ4n) is 3.97. The van der Waals surface area contributed by atoms with E-state index < -0.39 is 0 Å². The van der Waals surface area contributed by atoms with Gasteiger partial charge in [-0.3, -0.25) is 9.20 Å². The molecular weight excluding hydrogens is 352 g/mol. The number of anilines is 1. The summed E-state index contributed by atoms with van der Waals surface area (Å²) >= 11 is 6.13. The first-order valence-corrected chi connectivity index (χ1v) is 9.80. The monoisotopic (exact) mass is 376 g/mol. The van der Waals surface area contributed by atoms with Gasteiger partial charge in [0, 0.05) is 45.5 Å². The van der Waals surface area contributed by atoms with E-state index in [9.17, 15) is 4.79 Å². The van der Waals surface area contributed by atoms with Crippen LogP contribution >= 0.6 is 11.6 Å². The zero-order valence-corrected chi connectivity index (χ0v) is 15.9. The summed E-state index contributed by atoms with van der Waals surface area (Å²) in [5, 5.41) is 9.21. The van der Waals surface area contributed by atoms with Crippen molar-refractivity contribution in [1.82, 2.24) is 24.4 Å². The third-order valence-corrected chi connectivity index (χ3v) is 5.76. The number of halogens is 1. The van der Waals surface area contributed by atoms with E-state index in [1.54, 1.807) is 0 Å². The fraction of sp³-hybridized carbons (Fsp3) is 0.611. The van der Waals surface area contributed by atoms with E-state index in [2.05, 4.69) is 26.9 Å². The molecule has 0 N–H and O–H groups in total. The van der Waals surface area contributed by atoms with Gasteiger partial charge in [-0.05, 0) is 31.5 Å². The Morgan fingerprint density at radius 1 is 1.19 bits per heavy atom. The van der Waals surface area contributed by atoms with Gasteiger partial charge in [-0.1, -0.05) is 18.5 Å². The molecule has 7 nitrogen and oxygen atoms in total. The van der Waals surface area contributed by atoms with E-state index in [0.717, 1.165) is 63.7 Å². The zero-order valence-electron chi connectivity index (χ0n) is 15.1. The highest BCUT2D eigenvalue weighted by molar-refractivity contribution is 6.30. The van der Waals surface area contributed by atoms with Crippen LogP contribution in [0.4, 0.5) is 5.95 Å². The number of piperidine rings is 1. The van der Waals surface area contributed by atoms with Crippen molar-refractivity contribution in [1.29, 1.82) is 0 Å². The molecule has 2 aromatic heterocycles. The van der Waals surface area contributed by atoms with Crippen molar-refractivity contribution in [3.05, 3.63) is 23.4 Å². The highest BCUT2D eigenvalue weighted by Crippen LogP contribution is 2.25. The van der Waals surface area contributed by atoms with Crippen LogP contribution in [0.2, 0.25) is 5.02 Å². The van der Waals surface area contributed by atoms with Crippen molar-refractivity contribution in [3.8, 4) is 0 Å². The number of piperazine rings is 1. The summed E-state index contributed by atoms with van der Waals surface area (Å²) in [6.07, 6.45) is 3.77. The van der Waals surface area contributed by atoms with Crippen LogP contribution in [0, 0.1) is 5.92 Å². The maximum atomic E-state index is 13.0. The molecule has 2 aliphatic heterocycles. The topological polar surface area (TPSA) is 57.0 Å². The van der Waals surface area contributed by atoms with Gasteiger partial charge in [0.2, 0.25) is 11.9 Å². The zero-order chi connectivity index (χ0) is 18.1. The average Bonchev–Trinajstić information content (AvgIpc) is 3.10. The van der Waals surface area contributed by atoms with Gasteiger partial charge >= 0.3 is 0 Å². The van der Waals surface area contributed by atoms with Crippen molar-refractivity contribution in [2.24, 2.45) is 5.92 Å². The number of nitrogens with zero attached hydrogens (tertiary/aromatic N) is 6. The van der Waals surface area contributed by atoms with Gasteiger partial charge in [0.05, 0.1) is 10.9 Å². The first-order valence-electron chi connectivity index (χ1n) is 9.42. The van der Waals surface area contributed by atoms with Crippen LogP contribution in [-0.2, 0) is 4.79 Å². The number of fused-ring (bicyclic) bond motifs is 1. The highest BCUT2D eigenvalue weighted by Gasteiger charge is 2.32. The molecule has 26 heavy (non-hydrogen) atoms. The Labute approximate surface area is 158 Å². The molecule has 2 aliphatic rings. The van der Waals surface area contributed by atoms with Crippen LogP contribution in [0.25, 0.3) is 5.65 Å². The van der Waals surface area contributed by atoms with Crippen molar-refractivity contribution in [3.63, 3.8) is 0 Å². The second-order valence-corrected chi connectivity index (χ2v) is 7.56. The third-order valence-electron chi connectivity index (χ3n) is 5.53. The van der Waals surface area contributed by atoms with Crippen molar-refractivity contribution in [2.75, 3.05) is 50.7 Å².